The van der Waals surface area contributed by atoms with E-state index in [1.54, 1.807) is 6.92 Å². The lowest BCUT2D eigenvalue weighted by Gasteiger charge is -1.97. The van der Waals surface area contributed by atoms with Crippen LogP contribution in [0.25, 0.3) is 0 Å². The standard InChI is InChI=1S/C5H8N4O/c1-2-4(10)9-5(7)8-3-6/h2H2,1H3,(H3,7,8,9,10). The molecule has 0 aliphatic heterocycles. The highest BCUT2D eigenvalue weighted by molar-refractivity contribution is 5.96. The Balaban J connectivity index is 3.82. The summed E-state index contributed by atoms with van der Waals surface area (Å²) in [4.78, 5) is 13.6. The number of aliphatic imine (C=N–C) groups is 1. The van der Waals surface area contributed by atoms with Gasteiger partial charge >= 0.3 is 0 Å². The van der Waals surface area contributed by atoms with Gasteiger partial charge in [-0.25, -0.2) is 0 Å². The summed E-state index contributed by atoms with van der Waals surface area (Å²) in [6, 6.07) is 0. The molecule has 0 aromatic rings. The first-order chi connectivity index (χ1) is 4.70. The van der Waals surface area contributed by atoms with Crippen molar-refractivity contribution in [2.24, 2.45) is 10.7 Å². The normalized spacial score (nSPS) is 10.2. The number of rotatable bonds is 1. The zero-order valence-electron chi connectivity index (χ0n) is 5.59. The van der Waals surface area contributed by atoms with Gasteiger partial charge in [-0.3, -0.25) is 10.1 Å². The van der Waals surface area contributed by atoms with Crippen LogP contribution in [0.3, 0.4) is 0 Å². The van der Waals surface area contributed by atoms with E-state index >= 15 is 0 Å². The molecule has 5 nitrogen and oxygen atoms in total. The van der Waals surface area contributed by atoms with Gasteiger partial charge in [-0.05, 0) is 0 Å². The molecule has 0 aromatic heterocycles. The molecule has 54 valence electrons. The number of hydrogen-bond donors (Lipinski definition) is 2. The molecule has 3 N–H and O–H groups in total. The second-order valence-corrected chi connectivity index (χ2v) is 1.50. The fourth-order valence-electron chi connectivity index (χ4n) is 0.313. The first-order valence-electron chi connectivity index (χ1n) is 2.72. The fourth-order valence-corrected chi connectivity index (χ4v) is 0.313. The molecule has 0 saturated carbocycles. The maximum Gasteiger partial charge on any atom is 0.226 e. The van der Waals surface area contributed by atoms with Crippen molar-refractivity contribution in [1.29, 1.82) is 5.26 Å². The van der Waals surface area contributed by atoms with Gasteiger partial charge in [-0.15, -0.1) is 4.99 Å². The Bertz CT molecular complexity index is 190. The molecule has 0 unspecified atom stereocenters. The van der Waals surface area contributed by atoms with Gasteiger partial charge in [0.15, 0.2) is 0 Å². The van der Waals surface area contributed by atoms with E-state index in [0.717, 1.165) is 0 Å². The van der Waals surface area contributed by atoms with E-state index in [9.17, 15) is 4.79 Å². The van der Waals surface area contributed by atoms with Crippen LogP contribution in [0.5, 0.6) is 0 Å². The van der Waals surface area contributed by atoms with Crippen LogP contribution in [0.15, 0.2) is 4.99 Å². The molecular weight excluding hydrogens is 132 g/mol. The minimum absolute atomic E-state index is 0.158. The minimum Gasteiger partial charge on any atom is -0.369 e. The molecule has 0 atom stereocenters. The van der Waals surface area contributed by atoms with E-state index in [2.05, 4.69) is 10.3 Å². The van der Waals surface area contributed by atoms with Gasteiger partial charge in [0.25, 0.3) is 0 Å². The largest absolute Gasteiger partial charge is 0.369 e. The molecule has 0 aliphatic rings. The van der Waals surface area contributed by atoms with Gasteiger partial charge < -0.3 is 5.73 Å². The number of guanidine groups is 1. The highest BCUT2D eigenvalue weighted by atomic mass is 16.1. The van der Waals surface area contributed by atoms with Crippen molar-refractivity contribution in [3.05, 3.63) is 0 Å². The number of amides is 1. The summed E-state index contributed by atoms with van der Waals surface area (Å²) < 4.78 is 0. The molecule has 1 amide bonds. The van der Waals surface area contributed by atoms with E-state index in [1.165, 1.54) is 6.19 Å². The summed E-state index contributed by atoms with van der Waals surface area (Å²) in [5, 5.41) is 10.2. The second-order valence-electron chi connectivity index (χ2n) is 1.50. The first kappa shape index (κ1) is 8.43. The molecule has 0 rings (SSSR count). The Morgan fingerprint density at radius 1 is 1.90 bits per heavy atom. The van der Waals surface area contributed by atoms with Gasteiger partial charge in [0.05, 0.1) is 0 Å². The number of carbonyl (C=O) groups excluding carboxylic acids is 1. The zero-order valence-corrected chi connectivity index (χ0v) is 5.59. The number of nitrogens with two attached hydrogens (primary N) is 1. The summed E-state index contributed by atoms with van der Waals surface area (Å²) in [5.74, 6) is -0.411. The first-order valence-corrected chi connectivity index (χ1v) is 2.72. The average Bonchev–Trinajstić information content (AvgIpc) is 1.88. The molecular formula is C5H8N4O. The Hall–Kier alpha value is -1.57. The van der Waals surface area contributed by atoms with E-state index < -0.39 is 0 Å². The third kappa shape index (κ3) is 3.43. The number of nitriles is 1. The van der Waals surface area contributed by atoms with Crippen molar-refractivity contribution in [3.63, 3.8) is 0 Å². The lowest BCUT2D eigenvalue weighted by atomic mass is 10.5. The second kappa shape index (κ2) is 4.32. The van der Waals surface area contributed by atoms with Crippen LogP contribution in [0.2, 0.25) is 0 Å². The number of nitrogens with one attached hydrogen (secondary N) is 1. The van der Waals surface area contributed by atoms with E-state index in [0.29, 0.717) is 6.42 Å². The maximum atomic E-state index is 10.5. The maximum absolute atomic E-state index is 10.5. The number of hydrogen-bond acceptors (Lipinski definition) is 3. The Morgan fingerprint density at radius 2 is 2.50 bits per heavy atom. The Labute approximate surface area is 58.5 Å². The molecule has 5 heteroatoms. The smallest absolute Gasteiger partial charge is 0.226 e. The third-order valence-corrected chi connectivity index (χ3v) is 0.759. The average molecular weight is 140 g/mol. The Morgan fingerprint density at radius 3 is 2.90 bits per heavy atom. The zero-order chi connectivity index (χ0) is 7.98. The molecule has 10 heavy (non-hydrogen) atoms. The molecule has 0 bridgehead atoms. The van der Waals surface area contributed by atoms with Crippen molar-refractivity contribution in [2.75, 3.05) is 0 Å². The summed E-state index contributed by atoms with van der Waals surface area (Å²) >= 11 is 0. The lowest BCUT2D eigenvalue weighted by Crippen LogP contribution is -2.35. The summed E-state index contributed by atoms with van der Waals surface area (Å²) in [5.41, 5.74) is 5.06. The van der Waals surface area contributed by atoms with Crippen molar-refractivity contribution >= 4 is 11.9 Å². The van der Waals surface area contributed by atoms with E-state index in [4.69, 9.17) is 11.0 Å². The van der Waals surface area contributed by atoms with Gasteiger partial charge in [0, 0.05) is 6.42 Å². The monoisotopic (exact) mass is 140 g/mol. The van der Waals surface area contributed by atoms with Crippen LogP contribution in [0, 0.1) is 11.5 Å². The van der Waals surface area contributed by atoms with Gasteiger partial charge in [0.1, 0.15) is 0 Å². The highest BCUT2D eigenvalue weighted by Gasteiger charge is 1.96. The molecule has 0 aliphatic carbocycles. The minimum atomic E-state index is -0.253. The van der Waals surface area contributed by atoms with Crippen molar-refractivity contribution < 1.29 is 4.79 Å². The molecule has 0 heterocycles. The third-order valence-electron chi connectivity index (χ3n) is 0.759. The summed E-state index contributed by atoms with van der Waals surface area (Å²) in [6.07, 6.45) is 1.77. The van der Waals surface area contributed by atoms with Gasteiger partial charge in [0.2, 0.25) is 18.1 Å². The molecule has 0 saturated heterocycles. The number of nitrogens with zero attached hydrogens (tertiary/aromatic N) is 2. The molecule has 0 aromatic carbocycles. The van der Waals surface area contributed by atoms with Crippen LogP contribution in [-0.2, 0) is 4.79 Å². The summed E-state index contributed by atoms with van der Waals surface area (Å²) in [7, 11) is 0. The van der Waals surface area contributed by atoms with Crippen LogP contribution in [-0.4, -0.2) is 11.9 Å². The highest BCUT2D eigenvalue weighted by Crippen LogP contribution is 1.73. The molecule has 0 spiro atoms. The van der Waals surface area contributed by atoms with Crippen molar-refractivity contribution in [2.45, 2.75) is 13.3 Å². The van der Waals surface area contributed by atoms with Crippen LogP contribution in [0.1, 0.15) is 13.3 Å². The van der Waals surface area contributed by atoms with Gasteiger partial charge in [-0.1, -0.05) is 6.92 Å². The lowest BCUT2D eigenvalue weighted by molar-refractivity contribution is -0.119. The summed E-state index contributed by atoms with van der Waals surface area (Å²) in [6.45, 7) is 1.68. The Kier molecular flexibility index (Phi) is 3.64. The SMILES string of the molecule is CCC(=O)NC(N)=NC#N. The quantitative estimate of drug-likeness (QED) is 0.287. The van der Waals surface area contributed by atoms with Crippen LogP contribution in [0.4, 0.5) is 0 Å². The van der Waals surface area contributed by atoms with Crippen molar-refractivity contribution in [3.8, 4) is 6.19 Å². The van der Waals surface area contributed by atoms with Crippen LogP contribution >= 0.6 is 0 Å². The van der Waals surface area contributed by atoms with E-state index in [1.807, 2.05) is 0 Å². The molecule has 0 radical (unpaired) electrons. The predicted octanol–water partition coefficient (Wildman–Crippen LogP) is -0.692. The topological polar surface area (TPSA) is 91.3 Å². The van der Waals surface area contributed by atoms with E-state index in [-0.39, 0.29) is 11.9 Å². The van der Waals surface area contributed by atoms with Crippen molar-refractivity contribution in [1.82, 2.24) is 5.32 Å². The predicted molar refractivity (Wildman–Crippen MR) is 35.7 cm³/mol. The molecule has 0 fully saturated rings. The fraction of sp³-hybridized carbons (Fsp3) is 0.400. The van der Waals surface area contributed by atoms with Gasteiger partial charge in [-0.2, -0.15) is 5.26 Å². The number of carbonyl (C=O) groups is 1. The van der Waals surface area contributed by atoms with Crippen LogP contribution < -0.4 is 11.1 Å².